The molecule has 82 valence electrons. The molecule has 0 spiro atoms. The molecule has 3 atom stereocenters. The van der Waals surface area contributed by atoms with Crippen LogP contribution in [0.2, 0.25) is 0 Å². The van der Waals surface area contributed by atoms with Crippen LogP contribution in [0, 0.1) is 17.3 Å². The molecule has 1 nitrogen and oxygen atoms in total. The lowest BCUT2D eigenvalue weighted by Gasteiger charge is -2.19. The minimum atomic E-state index is -1.07. The van der Waals surface area contributed by atoms with Gasteiger partial charge in [0, 0.05) is 5.92 Å². The van der Waals surface area contributed by atoms with Crippen molar-refractivity contribution < 1.29 is 4.79 Å². The zero-order valence-electron chi connectivity index (χ0n) is 7.53. The van der Waals surface area contributed by atoms with E-state index in [1.807, 2.05) is 13.8 Å². The Morgan fingerprint density at radius 3 is 2.14 bits per heavy atom. The summed E-state index contributed by atoms with van der Waals surface area (Å²) >= 11 is 23.8. The molecule has 0 heterocycles. The van der Waals surface area contributed by atoms with E-state index in [1.165, 1.54) is 0 Å². The van der Waals surface area contributed by atoms with Crippen LogP contribution in [0.4, 0.5) is 0 Å². The van der Waals surface area contributed by atoms with Crippen LogP contribution in [-0.2, 0) is 4.79 Å². The summed E-state index contributed by atoms with van der Waals surface area (Å²) in [4.78, 5) is 10.9. The highest BCUT2D eigenvalue weighted by molar-refractivity contribution is 9.13. The van der Waals surface area contributed by atoms with Crippen LogP contribution >= 0.6 is 66.7 Å². The average molecular weight is 387 g/mol. The van der Waals surface area contributed by atoms with Gasteiger partial charge in [0.1, 0.15) is 0 Å². The van der Waals surface area contributed by atoms with Crippen molar-refractivity contribution in [3.8, 4) is 0 Å². The topological polar surface area (TPSA) is 17.1 Å². The molecule has 0 N–H and O–H groups in total. The van der Waals surface area contributed by atoms with Gasteiger partial charge in [-0.05, 0) is 38.9 Å². The molecule has 0 radical (unpaired) electrons. The Bertz CT molecular complexity index is 262. The van der Waals surface area contributed by atoms with Gasteiger partial charge in [-0.1, -0.05) is 53.0 Å². The first kappa shape index (κ1) is 13.6. The molecule has 1 unspecified atom stereocenters. The van der Waals surface area contributed by atoms with Gasteiger partial charge in [0.2, 0.25) is 5.24 Å². The number of carbonyl (C=O) groups is 1. The number of hydrogen-bond acceptors (Lipinski definition) is 1. The monoisotopic (exact) mass is 384 g/mol. The number of halogens is 5. The first-order chi connectivity index (χ1) is 6.10. The van der Waals surface area contributed by atoms with Crippen LogP contribution in [0.25, 0.3) is 0 Å². The second kappa shape index (κ2) is 4.06. The first-order valence-corrected chi connectivity index (χ1v) is 6.84. The fourth-order valence-electron chi connectivity index (χ4n) is 1.86. The van der Waals surface area contributed by atoms with Gasteiger partial charge in [-0.2, -0.15) is 0 Å². The Labute approximate surface area is 115 Å². The Hall–Kier alpha value is 1.50. The molecular weight excluding hydrogens is 378 g/mol. The second-order valence-electron chi connectivity index (χ2n) is 4.07. The van der Waals surface area contributed by atoms with Crippen LogP contribution in [0.5, 0.6) is 0 Å². The van der Waals surface area contributed by atoms with Crippen molar-refractivity contribution in [3.63, 3.8) is 0 Å². The van der Waals surface area contributed by atoms with Gasteiger partial charge in [-0.3, -0.25) is 4.79 Å². The lowest BCUT2D eigenvalue weighted by molar-refractivity contribution is -0.113. The molecule has 0 amide bonds. The molecule has 1 rings (SSSR count). The summed E-state index contributed by atoms with van der Waals surface area (Å²) in [7, 11) is 0. The summed E-state index contributed by atoms with van der Waals surface area (Å²) in [6, 6.07) is 0. The van der Waals surface area contributed by atoms with E-state index in [-0.39, 0.29) is 27.3 Å². The van der Waals surface area contributed by atoms with Gasteiger partial charge in [-0.15, -0.1) is 0 Å². The molecule has 6 heteroatoms. The fraction of sp³-hybridized carbons (Fsp3) is 0.875. The molecule has 1 saturated carbocycles. The van der Waals surface area contributed by atoms with E-state index in [0.717, 1.165) is 0 Å². The molecule has 14 heavy (non-hydrogen) atoms. The van der Waals surface area contributed by atoms with Crippen LogP contribution in [0.1, 0.15) is 13.8 Å². The molecule has 0 saturated heterocycles. The molecule has 0 bridgehead atoms. The number of alkyl halides is 4. The Kier molecular flexibility index (Phi) is 3.94. The zero-order chi connectivity index (χ0) is 11.3. The molecule has 1 aliphatic rings. The normalized spacial score (nSPS) is 32.5. The van der Waals surface area contributed by atoms with Gasteiger partial charge in [-0.25, -0.2) is 0 Å². The summed E-state index contributed by atoms with van der Waals surface area (Å²) in [5, 5.41) is -0.325. The van der Waals surface area contributed by atoms with Gasteiger partial charge in [0.15, 0.2) is 3.24 Å². The van der Waals surface area contributed by atoms with Crippen molar-refractivity contribution >= 4 is 71.9 Å². The highest BCUT2D eigenvalue weighted by Gasteiger charge is 2.66. The van der Waals surface area contributed by atoms with Crippen LogP contribution < -0.4 is 0 Å². The second-order valence-corrected chi connectivity index (χ2v) is 8.98. The van der Waals surface area contributed by atoms with Crippen molar-refractivity contribution in [1.29, 1.82) is 0 Å². The van der Waals surface area contributed by atoms with Crippen molar-refractivity contribution in [2.75, 3.05) is 0 Å². The van der Waals surface area contributed by atoms with E-state index in [9.17, 15) is 4.79 Å². The smallest absolute Gasteiger partial charge is 0.225 e. The van der Waals surface area contributed by atoms with E-state index < -0.39 is 3.24 Å². The number of rotatable bonds is 3. The lowest BCUT2D eigenvalue weighted by atomic mass is 10.1. The van der Waals surface area contributed by atoms with Crippen molar-refractivity contribution in [2.45, 2.75) is 21.9 Å². The quantitative estimate of drug-likeness (QED) is 0.521. The van der Waals surface area contributed by atoms with Crippen LogP contribution in [0.3, 0.4) is 0 Å². The standard InChI is InChI=1S/C8H9Br2Cl3O/c1-7(2)3(4(7)6(11)14)5(9)8(10,12)13/h3-5H,1-2H3/t3-,4+,5?/m1/s1. The molecular formula is C8H9Br2Cl3O. The highest BCUT2D eigenvalue weighted by Crippen LogP contribution is 2.65. The maximum Gasteiger partial charge on any atom is 0.225 e. The largest absolute Gasteiger partial charge is 0.281 e. The molecule has 1 fully saturated rings. The summed E-state index contributed by atoms with van der Waals surface area (Å²) in [6.07, 6.45) is 0. The van der Waals surface area contributed by atoms with Gasteiger partial charge in [0.05, 0.1) is 4.83 Å². The first-order valence-electron chi connectivity index (χ1n) is 4.00. The minimum Gasteiger partial charge on any atom is -0.281 e. The Balaban J connectivity index is 2.79. The van der Waals surface area contributed by atoms with E-state index in [1.54, 1.807) is 0 Å². The third-order valence-corrected chi connectivity index (χ3v) is 6.38. The van der Waals surface area contributed by atoms with E-state index >= 15 is 0 Å². The molecule has 0 aromatic heterocycles. The summed E-state index contributed by atoms with van der Waals surface area (Å²) in [5.41, 5.74) is -0.143. The van der Waals surface area contributed by atoms with Crippen molar-refractivity contribution in [3.05, 3.63) is 0 Å². The molecule has 0 aromatic rings. The predicted molar refractivity (Wildman–Crippen MR) is 67.7 cm³/mol. The van der Waals surface area contributed by atoms with Crippen LogP contribution in [0.15, 0.2) is 0 Å². The summed E-state index contributed by atoms with van der Waals surface area (Å²) < 4.78 is -1.07. The fourth-order valence-corrected chi connectivity index (χ4v) is 3.82. The summed E-state index contributed by atoms with van der Waals surface area (Å²) in [5.74, 6) is -0.121. The SMILES string of the molecule is CC1(C)[C@H](C(=O)Cl)[C@@H]1C(Br)C(Cl)(Cl)Br. The maximum absolute atomic E-state index is 11.1. The Morgan fingerprint density at radius 2 is 1.93 bits per heavy atom. The van der Waals surface area contributed by atoms with Gasteiger partial charge < -0.3 is 0 Å². The average Bonchev–Trinajstić information content (AvgIpc) is 2.49. The van der Waals surface area contributed by atoms with Gasteiger partial charge >= 0.3 is 0 Å². The highest BCUT2D eigenvalue weighted by atomic mass is 79.9. The third kappa shape index (κ3) is 2.42. The van der Waals surface area contributed by atoms with E-state index in [2.05, 4.69) is 31.9 Å². The predicted octanol–water partition coefficient (Wildman–Crippen LogP) is 4.31. The van der Waals surface area contributed by atoms with Crippen molar-refractivity contribution in [1.82, 2.24) is 0 Å². The molecule has 0 aromatic carbocycles. The van der Waals surface area contributed by atoms with Crippen molar-refractivity contribution in [2.24, 2.45) is 17.3 Å². The zero-order valence-corrected chi connectivity index (χ0v) is 13.0. The maximum atomic E-state index is 11.1. The Morgan fingerprint density at radius 1 is 1.50 bits per heavy atom. The van der Waals surface area contributed by atoms with Crippen LogP contribution in [-0.4, -0.2) is 13.3 Å². The summed E-state index contributed by atoms with van der Waals surface area (Å²) in [6.45, 7) is 3.95. The lowest BCUT2D eigenvalue weighted by Crippen LogP contribution is -2.23. The van der Waals surface area contributed by atoms with E-state index in [4.69, 9.17) is 34.8 Å². The third-order valence-electron chi connectivity index (χ3n) is 2.78. The molecule has 0 aliphatic heterocycles. The van der Waals surface area contributed by atoms with Gasteiger partial charge in [0.25, 0.3) is 0 Å². The number of hydrogen-bond donors (Lipinski definition) is 0. The molecule has 1 aliphatic carbocycles. The minimum absolute atomic E-state index is 0.0573. The number of carbonyl (C=O) groups excluding carboxylic acids is 1. The van der Waals surface area contributed by atoms with E-state index in [0.29, 0.717) is 0 Å².